The van der Waals surface area contributed by atoms with Crippen LogP contribution in [-0.2, 0) is 6.54 Å². The van der Waals surface area contributed by atoms with Crippen LogP contribution in [-0.4, -0.2) is 16.5 Å². The van der Waals surface area contributed by atoms with E-state index in [1.54, 1.807) is 6.07 Å². The lowest BCUT2D eigenvalue weighted by Crippen LogP contribution is -2.04. The van der Waals surface area contributed by atoms with Crippen LogP contribution in [0.25, 0.3) is 10.9 Å². The van der Waals surface area contributed by atoms with Gasteiger partial charge in [-0.15, -0.1) is 0 Å². The third-order valence-electron chi connectivity index (χ3n) is 3.61. The van der Waals surface area contributed by atoms with Gasteiger partial charge in [0.25, 0.3) is 0 Å². The van der Waals surface area contributed by atoms with E-state index in [2.05, 4.69) is 51.8 Å². The molecule has 3 rings (SSSR count). The van der Waals surface area contributed by atoms with Gasteiger partial charge in [-0.25, -0.2) is 14.4 Å². The zero-order valence-electron chi connectivity index (χ0n) is 13.0. The summed E-state index contributed by atoms with van der Waals surface area (Å²) in [6.45, 7) is 3.73. The molecule has 2 N–H and O–H groups in total. The fourth-order valence-electron chi connectivity index (χ4n) is 2.39. The van der Waals surface area contributed by atoms with E-state index >= 15 is 0 Å². The highest BCUT2D eigenvalue weighted by molar-refractivity contribution is 5.89. The van der Waals surface area contributed by atoms with Gasteiger partial charge in [-0.1, -0.05) is 25.1 Å². The summed E-state index contributed by atoms with van der Waals surface area (Å²) < 4.78 is 13.8. The van der Waals surface area contributed by atoms with Crippen molar-refractivity contribution in [2.45, 2.75) is 19.9 Å². The third-order valence-corrected chi connectivity index (χ3v) is 3.61. The fraction of sp³-hybridized carbons (Fsp3) is 0.222. The van der Waals surface area contributed by atoms with Gasteiger partial charge in [-0.05, 0) is 36.2 Å². The van der Waals surface area contributed by atoms with E-state index in [0.29, 0.717) is 23.3 Å². The Kier molecular flexibility index (Phi) is 4.66. The first-order valence-electron chi connectivity index (χ1n) is 7.74. The van der Waals surface area contributed by atoms with Gasteiger partial charge in [0, 0.05) is 24.2 Å². The number of nitrogens with one attached hydrogen (secondary N) is 2. The highest BCUT2D eigenvalue weighted by Gasteiger charge is 2.06. The van der Waals surface area contributed by atoms with E-state index in [4.69, 9.17) is 0 Å². The zero-order valence-corrected chi connectivity index (χ0v) is 13.0. The first kappa shape index (κ1) is 15.2. The first-order valence-corrected chi connectivity index (χ1v) is 7.74. The van der Waals surface area contributed by atoms with Crippen molar-refractivity contribution >= 4 is 22.4 Å². The van der Waals surface area contributed by atoms with E-state index in [0.717, 1.165) is 24.2 Å². The lowest BCUT2D eigenvalue weighted by molar-refractivity contribution is 0.636. The minimum Gasteiger partial charge on any atom is -0.385 e. The minimum atomic E-state index is -0.334. The number of aromatic nitrogens is 2. The second-order valence-electron chi connectivity index (χ2n) is 5.34. The summed E-state index contributed by atoms with van der Waals surface area (Å²) in [5.74, 6) is 0.307. The molecule has 3 aromatic rings. The van der Waals surface area contributed by atoms with Gasteiger partial charge in [0.05, 0.1) is 0 Å². The number of rotatable bonds is 6. The highest BCUT2D eigenvalue weighted by Crippen LogP contribution is 2.21. The number of fused-ring (bicyclic) bond motifs is 1. The summed E-state index contributed by atoms with van der Waals surface area (Å²) in [4.78, 5) is 8.22. The molecule has 118 valence electrons. The van der Waals surface area contributed by atoms with E-state index in [1.807, 2.05) is 6.07 Å². The molecule has 0 radical (unpaired) electrons. The number of halogens is 1. The van der Waals surface area contributed by atoms with Gasteiger partial charge in [0.2, 0.25) is 0 Å². The van der Waals surface area contributed by atoms with Crippen LogP contribution in [0.4, 0.5) is 15.9 Å². The molecule has 2 aromatic carbocycles. The smallest absolute Gasteiger partial charge is 0.149 e. The molecular formula is C18H19FN4. The van der Waals surface area contributed by atoms with Crippen molar-refractivity contribution in [3.05, 3.63) is 60.2 Å². The second kappa shape index (κ2) is 7.05. The number of nitrogens with zero attached hydrogens (tertiary/aromatic N) is 2. The number of benzene rings is 2. The van der Waals surface area contributed by atoms with Crippen LogP contribution in [0.5, 0.6) is 0 Å². The summed E-state index contributed by atoms with van der Waals surface area (Å²) in [6, 6.07) is 13.1. The molecule has 0 unspecified atom stereocenters. The maximum Gasteiger partial charge on any atom is 0.149 e. The maximum absolute atomic E-state index is 13.8. The number of para-hydroxylation sites is 1. The average molecular weight is 310 g/mol. The van der Waals surface area contributed by atoms with Crippen LogP contribution < -0.4 is 10.6 Å². The molecule has 0 spiro atoms. The van der Waals surface area contributed by atoms with E-state index in [-0.39, 0.29) is 5.82 Å². The second-order valence-corrected chi connectivity index (χ2v) is 5.34. The molecular weight excluding hydrogens is 291 g/mol. The molecule has 0 aliphatic rings. The summed E-state index contributed by atoms with van der Waals surface area (Å²) in [6.07, 6.45) is 2.48. The van der Waals surface area contributed by atoms with Crippen LogP contribution in [0, 0.1) is 5.82 Å². The number of anilines is 2. The average Bonchev–Trinajstić information content (AvgIpc) is 2.59. The van der Waals surface area contributed by atoms with Gasteiger partial charge in [0.15, 0.2) is 0 Å². The van der Waals surface area contributed by atoms with Gasteiger partial charge in [0.1, 0.15) is 23.5 Å². The van der Waals surface area contributed by atoms with Gasteiger partial charge >= 0.3 is 0 Å². The minimum absolute atomic E-state index is 0.334. The Bertz CT molecular complexity index is 787. The van der Waals surface area contributed by atoms with E-state index < -0.39 is 0 Å². The number of hydrogen-bond donors (Lipinski definition) is 2. The van der Waals surface area contributed by atoms with Crippen molar-refractivity contribution in [2.75, 3.05) is 17.2 Å². The molecule has 0 aliphatic heterocycles. The molecule has 0 bridgehead atoms. The quantitative estimate of drug-likeness (QED) is 0.716. The Labute approximate surface area is 134 Å². The standard InChI is InChI=1S/C18H19FN4/c1-2-10-20-14-8-6-13(7-9-14)11-21-18-15-4-3-5-16(19)17(15)22-12-23-18/h3-9,12,20H,2,10-11H2,1H3,(H,21,22,23). The SMILES string of the molecule is CCCNc1ccc(CNc2ncnc3c(F)cccc23)cc1. The molecule has 5 heteroatoms. The largest absolute Gasteiger partial charge is 0.385 e. The van der Waals surface area contributed by atoms with E-state index in [9.17, 15) is 4.39 Å². The number of hydrogen-bond acceptors (Lipinski definition) is 4. The van der Waals surface area contributed by atoms with Gasteiger partial charge < -0.3 is 10.6 Å². The van der Waals surface area contributed by atoms with E-state index in [1.165, 1.54) is 12.4 Å². The Morgan fingerprint density at radius 2 is 1.83 bits per heavy atom. The molecule has 23 heavy (non-hydrogen) atoms. The summed E-state index contributed by atoms with van der Waals surface area (Å²) in [5.41, 5.74) is 2.59. The molecule has 0 saturated carbocycles. The first-order chi connectivity index (χ1) is 11.3. The van der Waals surface area contributed by atoms with Crippen LogP contribution in [0.15, 0.2) is 48.8 Å². The van der Waals surface area contributed by atoms with Crippen LogP contribution >= 0.6 is 0 Å². The van der Waals surface area contributed by atoms with Gasteiger partial charge in [-0.3, -0.25) is 0 Å². The predicted molar refractivity (Wildman–Crippen MR) is 92.0 cm³/mol. The molecule has 0 amide bonds. The van der Waals surface area contributed by atoms with Gasteiger partial charge in [-0.2, -0.15) is 0 Å². The molecule has 4 nitrogen and oxygen atoms in total. The Balaban J connectivity index is 1.72. The molecule has 0 saturated heterocycles. The predicted octanol–water partition coefficient (Wildman–Crippen LogP) is 4.20. The van der Waals surface area contributed by atoms with Crippen molar-refractivity contribution in [2.24, 2.45) is 0 Å². The van der Waals surface area contributed by atoms with Crippen molar-refractivity contribution in [1.82, 2.24) is 9.97 Å². The van der Waals surface area contributed by atoms with Crippen molar-refractivity contribution in [3.63, 3.8) is 0 Å². The fourth-order valence-corrected chi connectivity index (χ4v) is 2.39. The normalized spacial score (nSPS) is 10.7. The topological polar surface area (TPSA) is 49.8 Å². The highest BCUT2D eigenvalue weighted by atomic mass is 19.1. The monoisotopic (exact) mass is 310 g/mol. The third kappa shape index (κ3) is 3.56. The molecule has 1 aromatic heterocycles. The van der Waals surface area contributed by atoms with Crippen molar-refractivity contribution in [1.29, 1.82) is 0 Å². The lowest BCUT2D eigenvalue weighted by Gasteiger charge is -2.10. The zero-order chi connectivity index (χ0) is 16.1. The Hall–Kier alpha value is -2.69. The van der Waals surface area contributed by atoms with Crippen LogP contribution in [0.1, 0.15) is 18.9 Å². The van der Waals surface area contributed by atoms with Crippen LogP contribution in [0.2, 0.25) is 0 Å². The van der Waals surface area contributed by atoms with Crippen LogP contribution in [0.3, 0.4) is 0 Å². The summed E-state index contributed by atoms with van der Waals surface area (Å²) >= 11 is 0. The maximum atomic E-state index is 13.8. The van der Waals surface area contributed by atoms with Crippen molar-refractivity contribution < 1.29 is 4.39 Å². The summed E-state index contributed by atoms with van der Waals surface area (Å²) in [5, 5.41) is 7.29. The van der Waals surface area contributed by atoms with Crippen molar-refractivity contribution in [3.8, 4) is 0 Å². The molecule has 1 heterocycles. The lowest BCUT2D eigenvalue weighted by atomic mass is 10.2. The Morgan fingerprint density at radius 3 is 2.61 bits per heavy atom. The Morgan fingerprint density at radius 1 is 1.00 bits per heavy atom. The molecule has 0 atom stereocenters. The molecule has 0 aliphatic carbocycles. The summed E-state index contributed by atoms with van der Waals surface area (Å²) in [7, 11) is 0. The molecule has 0 fully saturated rings.